The van der Waals surface area contributed by atoms with Gasteiger partial charge in [-0.15, -0.1) is 0 Å². The molecule has 4 atom stereocenters. The molecular weight excluding hydrogens is 210 g/mol. The van der Waals surface area contributed by atoms with Crippen LogP contribution in [0.1, 0.15) is 32.6 Å². The molecule has 3 nitrogen and oxygen atoms in total. The van der Waals surface area contributed by atoms with Gasteiger partial charge in [-0.1, -0.05) is 12.8 Å². The van der Waals surface area contributed by atoms with E-state index in [1.165, 1.54) is 6.42 Å². The third-order valence-corrected chi connectivity index (χ3v) is 4.41. The van der Waals surface area contributed by atoms with E-state index < -0.39 is 0 Å². The molecule has 4 unspecified atom stereocenters. The van der Waals surface area contributed by atoms with Gasteiger partial charge in [0.1, 0.15) is 0 Å². The lowest BCUT2D eigenvalue weighted by Gasteiger charge is -2.33. The van der Waals surface area contributed by atoms with Gasteiger partial charge in [0.25, 0.3) is 0 Å². The van der Waals surface area contributed by atoms with Crippen molar-refractivity contribution in [2.24, 2.45) is 0 Å². The summed E-state index contributed by atoms with van der Waals surface area (Å²) < 4.78 is 0. The van der Waals surface area contributed by atoms with Gasteiger partial charge < -0.3 is 15.5 Å². The molecule has 0 aromatic carbocycles. The average Bonchev–Trinajstić information content (AvgIpc) is 2.23. The fourth-order valence-corrected chi connectivity index (χ4v) is 2.82. The van der Waals surface area contributed by atoms with E-state index in [-0.39, 0.29) is 30.0 Å². The Labute approximate surface area is 96.6 Å². The number of aliphatic hydroxyl groups excluding tert-OH is 2. The van der Waals surface area contributed by atoms with Gasteiger partial charge in [-0.3, -0.25) is 0 Å². The van der Waals surface area contributed by atoms with Gasteiger partial charge in [-0.25, -0.2) is 0 Å². The summed E-state index contributed by atoms with van der Waals surface area (Å²) in [6.07, 6.45) is 6.11. The topological polar surface area (TPSA) is 52.5 Å². The van der Waals surface area contributed by atoms with Crippen molar-refractivity contribution >= 4 is 11.8 Å². The first kappa shape index (κ1) is 13.3. The highest BCUT2D eigenvalue weighted by atomic mass is 32.2. The van der Waals surface area contributed by atoms with E-state index in [1.807, 2.05) is 6.26 Å². The highest BCUT2D eigenvalue weighted by molar-refractivity contribution is 7.99. The van der Waals surface area contributed by atoms with Gasteiger partial charge in [0, 0.05) is 17.3 Å². The van der Waals surface area contributed by atoms with Crippen LogP contribution < -0.4 is 5.32 Å². The lowest BCUT2D eigenvalue weighted by molar-refractivity contribution is 0.0843. The first-order valence-corrected chi connectivity index (χ1v) is 7.05. The van der Waals surface area contributed by atoms with Crippen LogP contribution in [0.5, 0.6) is 0 Å². The summed E-state index contributed by atoms with van der Waals surface area (Å²) in [4.78, 5) is 0. The maximum atomic E-state index is 9.81. The summed E-state index contributed by atoms with van der Waals surface area (Å²) in [6.45, 7) is 2.27. The summed E-state index contributed by atoms with van der Waals surface area (Å²) in [5, 5.41) is 22.6. The van der Waals surface area contributed by atoms with Crippen LogP contribution in [0, 0.1) is 0 Å². The molecule has 1 rings (SSSR count). The van der Waals surface area contributed by atoms with Crippen LogP contribution in [0.25, 0.3) is 0 Å². The molecule has 0 radical (unpaired) electrons. The molecule has 0 spiro atoms. The molecule has 0 bridgehead atoms. The molecule has 15 heavy (non-hydrogen) atoms. The molecule has 1 aliphatic rings. The Morgan fingerprint density at radius 2 is 2.07 bits per heavy atom. The van der Waals surface area contributed by atoms with Gasteiger partial charge in [0.2, 0.25) is 0 Å². The quantitative estimate of drug-likeness (QED) is 0.663. The van der Waals surface area contributed by atoms with Crippen molar-refractivity contribution in [3.63, 3.8) is 0 Å². The molecule has 0 saturated heterocycles. The van der Waals surface area contributed by atoms with Crippen LogP contribution in [0.15, 0.2) is 0 Å². The molecule has 90 valence electrons. The van der Waals surface area contributed by atoms with Crippen molar-refractivity contribution in [2.75, 3.05) is 12.9 Å². The predicted octanol–water partition coefficient (Wildman–Crippen LogP) is 0.992. The van der Waals surface area contributed by atoms with Crippen molar-refractivity contribution in [1.82, 2.24) is 5.32 Å². The van der Waals surface area contributed by atoms with Gasteiger partial charge in [-0.05, 0) is 26.0 Å². The minimum atomic E-state index is -0.206. The van der Waals surface area contributed by atoms with Crippen LogP contribution in [-0.2, 0) is 0 Å². The van der Waals surface area contributed by atoms with Crippen molar-refractivity contribution in [1.29, 1.82) is 0 Å². The second-order valence-corrected chi connectivity index (χ2v) is 5.45. The Morgan fingerprint density at radius 3 is 2.60 bits per heavy atom. The van der Waals surface area contributed by atoms with Crippen molar-refractivity contribution in [3.05, 3.63) is 0 Å². The summed E-state index contributed by atoms with van der Waals surface area (Å²) >= 11 is 1.67. The van der Waals surface area contributed by atoms with Gasteiger partial charge in [0.05, 0.1) is 12.7 Å². The molecule has 1 aliphatic carbocycles. The molecule has 1 fully saturated rings. The van der Waals surface area contributed by atoms with Crippen LogP contribution in [0.2, 0.25) is 0 Å². The number of hydrogen-bond donors (Lipinski definition) is 3. The van der Waals surface area contributed by atoms with Gasteiger partial charge in [-0.2, -0.15) is 11.8 Å². The Bertz CT molecular complexity index is 176. The third kappa shape index (κ3) is 3.94. The first-order chi connectivity index (χ1) is 7.19. The molecule has 0 amide bonds. The van der Waals surface area contributed by atoms with Gasteiger partial charge in [0.15, 0.2) is 0 Å². The van der Waals surface area contributed by atoms with Crippen LogP contribution >= 0.6 is 11.8 Å². The SMILES string of the molecule is CSC(CO)C(C)NC1CCCCC1O. The van der Waals surface area contributed by atoms with E-state index >= 15 is 0 Å². The molecule has 3 N–H and O–H groups in total. The zero-order chi connectivity index (χ0) is 11.3. The zero-order valence-electron chi connectivity index (χ0n) is 9.65. The van der Waals surface area contributed by atoms with Crippen LogP contribution in [0.3, 0.4) is 0 Å². The van der Waals surface area contributed by atoms with Crippen molar-refractivity contribution in [3.8, 4) is 0 Å². The Kier molecular flexibility index (Phi) is 5.97. The van der Waals surface area contributed by atoms with Gasteiger partial charge >= 0.3 is 0 Å². The normalized spacial score (nSPS) is 31.2. The highest BCUT2D eigenvalue weighted by Gasteiger charge is 2.26. The highest BCUT2D eigenvalue weighted by Crippen LogP contribution is 2.20. The van der Waals surface area contributed by atoms with E-state index in [0.29, 0.717) is 0 Å². The van der Waals surface area contributed by atoms with E-state index in [2.05, 4.69) is 12.2 Å². The Morgan fingerprint density at radius 1 is 1.40 bits per heavy atom. The number of hydrogen-bond acceptors (Lipinski definition) is 4. The number of aliphatic hydroxyl groups is 2. The molecular formula is C11H23NO2S. The molecule has 0 aromatic rings. The standard InChI is InChI=1S/C11H23NO2S/c1-8(11(7-13)15-2)12-9-5-3-4-6-10(9)14/h8-14H,3-7H2,1-2H3. The minimum Gasteiger partial charge on any atom is -0.395 e. The second-order valence-electron chi connectivity index (χ2n) is 4.37. The second kappa shape index (κ2) is 6.74. The lowest BCUT2D eigenvalue weighted by atomic mass is 9.92. The van der Waals surface area contributed by atoms with Crippen molar-refractivity contribution < 1.29 is 10.2 Å². The van der Waals surface area contributed by atoms with E-state index in [1.54, 1.807) is 11.8 Å². The minimum absolute atomic E-state index is 0.193. The smallest absolute Gasteiger partial charge is 0.0693 e. The molecule has 0 heterocycles. The summed E-state index contributed by atoms with van der Waals surface area (Å²) in [5.41, 5.74) is 0. The number of thioether (sulfide) groups is 1. The van der Waals surface area contributed by atoms with E-state index in [9.17, 15) is 5.11 Å². The lowest BCUT2D eigenvalue weighted by Crippen LogP contribution is -2.50. The largest absolute Gasteiger partial charge is 0.395 e. The predicted molar refractivity (Wildman–Crippen MR) is 65.2 cm³/mol. The number of nitrogens with one attached hydrogen (secondary N) is 1. The fourth-order valence-electron chi connectivity index (χ4n) is 2.19. The monoisotopic (exact) mass is 233 g/mol. The zero-order valence-corrected chi connectivity index (χ0v) is 10.5. The molecule has 4 heteroatoms. The van der Waals surface area contributed by atoms with E-state index in [0.717, 1.165) is 19.3 Å². The molecule has 0 aromatic heterocycles. The molecule has 0 aliphatic heterocycles. The maximum absolute atomic E-state index is 9.81. The number of rotatable bonds is 5. The summed E-state index contributed by atoms with van der Waals surface area (Å²) in [5.74, 6) is 0. The third-order valence-electron chi connectivity index (χ3n) is 3.25. The maximum Gasteiger partial charge on any atom is 0.0693 e. The summed E-state index contributed by atoms with van der Waals surface area (Å²) in [6, 6.07) is 0.470. The average molecular weight is 233 g/mol. The summed E-state index contributed by atoms with van der Waals surface area (Å²) in [7, 11) is 0. The first-order valence-electron chi connectivity index (χ1n) is 5.76. The fraction of sp³-hybridized carbons (Fsp3) is 1.00. The van der Waals surface area contributed by atoms with Crippen LogP contribution in [-0.4, -0.2) is 46.5 Å². The van der Waals surface area contributed by atoms with Crippen LogP contribution in [0.4, 0.5) is 0 Å². The molecule has 1 saturated carbocycles. The Hall–Kier alpha value is 0.230. The van der Waals surface area contributed by atoms with Crippen molar-refractivity contribution in [2.45, 2.75) is 56.0 Å². The van der Waals surface area contributed by atoms with E-state index in [4.69, 9.17) is 5.11 Å². The Balaban J connectivity index is 2.38.